The van der Waals surface area contributed by atoms with Gasteiger partial charge in [-0.05, 0) is 96.6 Å². The molecule has 1 aliphatic rings. The van der Waals surface area contributed by atoms with Crippen molar-refractivity contribution in [2.45, 2.75) is 5.92 Å². The van der Waals surface area contributed by atoms with Crippen molar-refractivity contribution >= 4 is 21.8 Å². The van der Waals surface area contributed by atoms with E-state index in [2.05, 4.69) is 223 Å². The van der Waals surface area contributed by atoms with Gasteiger partial charge < -0.3 is 4.57 Å². The molecule has 0 amide bonds. The third-order valence-electron chi connectivity index (χ3n) is 11.7. The van der Waals surface area contributed by atoms with Crippen LogP contribution in [0.3, 0.4) is 0 Å². The summed E-state index contributed by atoms with van der Waals surface area (Å²) in [6.07, 6.45) is 0. The summed E-state index contributed by atoms with van der Waals surface area (Å²) in [7, 11) is 0. The fourth-order valence-corrected chi connectivity index (χ4v) is 9.06. The molecule has 1 unspecified atom stereocenters. The van der Waals surface area contributed by atoms with Gasteiger partial charge in [0.15, 0.2) is 0 Å². The molecule has 0 saturated heterocycles. The number of hydrogen-bond acceptors (Lipinski definition) is 0. The minimum absolute atomic E-state index is 0.118. The van der Waals surface area contributed by atoms with Crippen LogP contribution in [0.4, 0.5) is 0 Å². The Balaban J connectivity index is 1.17. The quantitative estimate of drug-likeness (QED) is 0.162. The van der Waals surface area contributed by atoms with E-state index in [-0.39, 0.29) is 5.92 Å². The highest BCUT2D eigenvalue weighted by molar-refractivity contribution is 6.13. The van der Waals surface area contributed by atoms with E-state index in [1.807, 2.05) is 0 Å². The SMILES string of the molecule is c1ccc(-c2ccc(-c3cc(-c4ccc(-c5ccccc5)cc4)cc(-n4c5ccccc5c5ccc6c(c54)C(c4ccccc4)c4ccccc4-6)c3)cc2)cc1. The zero-order chi connectivity index (χ0) is 37.0. The van der Waals surface area contributed by atoms with Gasteiger partial charge >= 0.3 is 0 Å². The molecule has 9 aromatic carbocycles. The number of hydrogen-bond donors (Lipinski definition) is 0. The van der Waals surface area contributed by atoms with Crippen LogP contribution in [0.5, 0.6) is 0 Å². The van der Waals surface area contributed by atoms with Crippen molar-refractivity contribution in [3.05, 3.63) is 235 Å². The van der Waals surface area contributed by atoms with E-state index in [1.165, 1.54) is 94.1 Å². The monoisotopic (exact) mass is 711 g/mol. The summed E-state index contributed by atoms with van der Waals surface area (Å²) in [5.41, 5.74) is 19.9. The highest BCUT2D eigenvalue weighted by Crippen LogP contribution is 2.52. The van der Waals surface area contributed by atoms with Crippen LogP contribution in [0.2, 0.25) is 0 Å². The van der Waals surface area contributed by atoms with Crippen LogP contribution in [0.15, 0.2) is 218 Å². The number of benzene rings is 9. The van der Waals surface area contributed by atoms with Crippen molar-refractivity contribution in [3.8, 4) is 61.3 Å². The normalized spacial score (nSPS) is 13.2. The molecule has 1 heteroatoms. The Morgan fingerprint density at radius 3 is 1.41 bits per heavy atom. The Morgan fingerprint density at radius 1 is 0.321 bits per heavy atom. The minimum Gasteiger partial charge on any atom is -0.309 e. The maximum Gasteiger partial charge on any atom is 0.0588 e. The molecule has 0 radical (unpaired) electrons. The van der Waals surface area contributed by atoms with Crippen molar-refractivity contribution in [2.75, 3.05) is 0 Å². The minimum atomic E-state index is 0.118. The molecular weight excluding hydrogens is 675 g/mol. The maximum atomic E-state index is 2.55. The Bertz CT molecular complexity index is 2930. The van der Waals surface area contributed by atoms with E-state index < -0.39 is 0 Å². The Kier molecular flexibility index (Phi) is 7.64. The van der Waals surface area contributed by atoms with Gasteiger partial charge in [-0.25, -0.2) is 0 Å². The van der Waals surface area contributed by atoms with E-state index in [9.17, 15) is 0 Å². The van der Waals surface area contributed by atoms with Gasteiger partial charge in [-0.3, -0.25) is 0 Å². The fraction of sp³-hybridized carbons (Fsp3) is 0.0182. The average molecular weight is 712 g/mol. The van der Waals surface area contributed by atoms with Crippen molar-refractivity contribution in [1.29, 1.82) is 0 Å². The lowest BCUT2D eigenvalue weighted by atomic mass is 9.88. The predicted molar refractivity (Wildman–Crippen MR) is 235 cm³/mol. The molecule has 11 rings (SSSR count). The first-order valence-corrected chi connectivity index (χ1v) is 19.5. The van der Waals surface area contributed by atoms with Crippen molar-refractivity contribution < 1.29 is 0 Å². The number of nitrogens with zero attached hydrogens (tertiary/aromatic N) is 1. The van der Waals surface area contributed by atoms with Crippen LogP contribution in [-0.4, -0.2) is 4.57 Å². The van der Waals surface area contributed by atoms with Gasteiger partial charge in [-0.15, -0.1) is 0 Å². The Labute approximate surface area is 327 Å². The summed E-state index contributed by atoms with van der Waals surface area (Å²) < 4.78 is 2.55. The predicted octanol–water partition coefficient (Wildman–Crippen LogP) is 14.6. The van der Waals surface area contributed by atoms with Gasteiger partial charge in [0.25, 0.3) is 0 Å². The van der Waals surface area contributed by atoms with Gasteiger partial charge in [-0.1, -0.05) is 194 Å². The standard InChI is InChI=1S/C55H37N/c1-4-14-37(15-5-1)39-24-28-41(29-25-39)44-34-45(42-30-26-40(27-31-42)38-16-6-2-7-17-38)36-46(35-44)56-52-23-13-12-21-48(52)51-33-32-50-47-20-10-11-22-49(47)53(54(50)55(51)56)43-18-8-3-9-19-43/h1-36,53H. The van der Waals surface area contributed by atoms with Crippen molar-refractivity contribution in [2.24, 2.45) is 0 Å². The largest absolute Gasteiger partial charge is 0.309 e. The van der Waals surface area contributed by atoms with Crippen LogP contribution in [0.25, 0.3) is 83.1 Å². The van der Waals surface area contributed by atoms with Crippen LogP contribution in [-0.2, 0) is 0 Å². The van der Waals surface area contributed by atoms with E-state index in [0.717, 1.165) is 5.69 Å². The van der Waals surface area contributed by atoms with Gasteiger partial charge in [0.05, 0.1) is 11.0 Å². The number of aromatic nitrogens is 1. The average Bonchev–Trinajstić information content (AvgIpc) is 3.80. The first-order valence-electron chi connectivity index (χ1n) is 19.5. The molecule has 0 fully saturated rings. The summed E-state index contributed by atoms with van der Waals surface area (Å²) in [5.74, 6) is 0.118. The first kappa shape index (κ1) is 32.2. The third kappa shape index (κ3) is 5.32. The molecule has 0 bridgehead atoms. The molecule has 0 N–H and O–H groups in total. The lowest BCUT2D eigenvalue weighted by Gasteiger charge is -2.19. The summed E-state index contributed by atoms with van der Waals surface area (Å²) in [6, 6.07) is 80.2. The van der Waals surface area contributed by atoms with Crippen LogP contribution in [0.1, 0.15) is 22.6 Å². The Hall–Kier alpha value is -7.22. The first-order chi connectivity index (χ1) is 27.8. The summed E-state index contributed by atoms with van der Waals surface area (Å²) in [5, 5.41) is 2.54. The zero-order valence-corrected chi connectivity index (χ0v) is 30.8. The van der Waals surface area contributed by atoms with E-state index in [4.69, 9.17) is 0 Å². The molecule has 1 nitrogen and oxygen atoms in total. The second-order valence-corrected chi connectivity index (χ2v) is 14.9. The van der Waals surface area contributed by atoms with E-state index in [0.29, 0.717) is 0 Å². The molecule has 0 saturated carbocycles. The molecule has 262 valence electrons. The number of fused-ring (bicyclic) bond motifs is 7. The van der Waals surface area contributed by atoms with Gasteiger partial charge in [0.1, 0.15) is 0 Å². The third-order valence-corrected chi connectivity index (χ3v) is 11.7. The van der Waals surface area contributed by atoms with Gasteiger partial charge in [0.2, 0.25) is 0 Å². The molecule has 1 aromatic heterocycles. The molecule has 56 heavy (non-hydrogen) atoms. The topological polar surface area (TPSA) is 4.93 Å². The number of para-hydroxylation sites is 1. The second kappa shape index (κ2) is 13.3. The molecular formula is C55H37N. The lowest BCUT2D eigenvalue weighted by molar-refractivity contribution is 1.01. The maximum absolute atomic E-state index is 2.55. The Morgan fingerprint density at radius 2 is 0.804 bits per heavy atom. The van der Waals surface area contributed by atoms with Crippen LogP contribution in [0, 0.1) is 0 Å². The van der Waals surface area contributed by atoms with E-state index in [1.54, 1.807) is 0 Å². The highest BCUT2D eigenvalue weighted by Gasteiger charge is 2.33. The van der Waals surface area contributed by atoms with Gasteiger partial charge in [0, 0.05) is 22.4 Å². The van der Waals surface area contributed by atoms with Gasteiger partial charge in [-0.2, -0.15) is 0 Å². The summed E-state index contributed by atoms with van der Waals surface area (Å²) in [6.45, 7) is 0. The van der Waals surface area contributed by atoms with Crippen LogP contribution >= 0.6 is 0 Å². The summed E-state index contributed by atoms with van der Waals surface area (Å²) in [4.78, 5) is 0. The smallest absolute Gasteiger partial charge is 0.0588 e. The van der Waals surface area contributed by atoms with Crippen molar-refractivity contribution in [3.63, 3.8) is 0 Å². The van der Waals surface area contributed by atoms with E-state index >= 15 is 0 Å². The highest BCUT2D eigenvalue weighted by atomic mass is 15.0. The molecule has 0 aliphatic heterocycles. The molecule has 1 atom stereocenters. The molecule has 0 spiro atoms. The fourth-order valence-electron chi connectivity index (χ4n) is 9.06. The second-order valence-electron chi connectivity index (χ2n) is 14.9. The summed E-state index contributed by atoms with van der Waals surface area (Å²) >= 11 is 0. The molecule has 1 aliphatic carbocycles. The molecule has 1 heterocycles. The lowest BCUT2D eigenvalue weighted by Crippen LogP contribution is -2.03. The number of rotatable bonds is 6. The zero-order valence-electron chi connectivity index (χ0n) is 30.8. The molecule has 10 aromatic rings. The van der Waals surface area contributed by atoms with Crippen molar-refractivity contribution in [1.82, 2.24) is 4.57 Å². The van der Waals surface area contributed by atoms with Crippen LogP contribution < -0.4 is 0 Å².